The van der Waals surface area contributed by atoms with Gasteiger partial charge in [0, 0.05) is 17.0 Å². The number of hydrogen-bond donors (Lipinski definition) is 1. The van der Waals surface area contributed by atoms with Crippen LogP contribution < -0.4 is 5.32 Å². The minimum Gasteiger partial charge on any atom is -0.315 e. The van der Waals surface area contributed by atoms with E-state index in [1.165, 1.54) is 0 Å². The number of thioether (sulfide) groups is 1. The lowest BCUT2D eigenvalue weighted by atomic mass is 10.2. The second-order valence-corrected chi connectivity index (χ2v) is 6.01. The first-order valence-electron chi connectivity index (χ1n) is 5.81. The average molecular weight is 318 g/mol. The first-order chi connectivity index (χ1) is 9.45. The number of aromatic nitrogens is 1. The summed E-state index contributed by atoms with van der Waals surface area (Å²) >= 11 is 2.66. The van der Waals surface area contributed by atoms with Gasteiger partial charge in [-0.05, 0) is 25.4 Å². The first-order valence-corrected chi connectivity index (χ1v) is 7.85. The number of rotatable bonds is 4. The molecule has 0 aliphatic heterocycles. The topological polar surface area (TPSA) is 24.9 Å². The molecule has 0 bridgehead atoms. The predicted molar refractivity (Wildman–Crippen MR) is 77.1 cm³/mol. The molecule has 0 aliphatic rings. The van der Waals surface area contributed by atoms with Crippen molar-refractivity contribution in [2.45, 2.75) is 17.6 Å². The van der Waals surface area contributed by atoms with E-state index in [0.717, 1.165) is 16.2 Å². The molecule has 0 fully saturated rings. The van der Waals surface area contributed by atoms with Crippen molar-refractivity contribution < 1.29 is 13.2 Å². The van der Waals surface area contributed by atoms with Crippen molar-refractivity contribution in [2.75, 3.05) is 13.3 Å². The molecule has 0 unspecified atom stereocenters. The van der Waals surface area contributed by atoms with Crippen molar-refractivity contribution in [3.8, 4) is 10.6 Å². The highest BCUT2D eigenvalue weighted by Crippen LogP contribution is 2.37. The highest BCUT2D eigenvalue weighted by molar-refractivity contribution is 7.98. The Labute approximate surface area is 123 Å². The maximum absolute atomic E-state index is 12.9. The highest BCUT2D eigenvalue weighted by Gasteiger charge is 2.37. The fourth-order valence-corrected chi connectivity index (χ4v) is 3.22. The van der Waals surface area contributed by atoms with Gasteiger partial charge in [0.2, 0.25) is 0 Å². The number of hydrogen-bond acceptors (Lipinski definition) is 4. The number of benzene rings is 1. The van der Waals surface area contributed by atoms with Crippen LogP contribution in [0.5, 0.6) is 0 Å². The first kappa shape index (κ1) is 15.3. The Hall–Kier alpha value is -1.05. The van der Waals surface area contributed by atoms with Gasteiger partial charge in [0.25, 0.3) is 0 Å². The highest BCUT2D eigenvalue weighted by atomic mass is 32.2. The molecule has 2 nitrogen and oxygen atoms in total. The monoisotopic (exact) mass is 318 g/mol. The maximum Gasteiger partial charge on any atom is 0.434 e. The standard InChI is InChI=1S/C13H13F3N2S2/c1-17-7-10-11(13(14,15)16)18-12(20-10)8-3-5-9(19-2)6-4-8/h3-6,17H,7H2,1-2H3. The number of thiazole rings is 1. The minimum atomic E-state index is -4.42. The summed E-state index contributed by atoms with van der Waals surface area (Å²) < 4.78 is 38.8. The molecule has 1 aromatic carbocycles. The van der Waals surface area contributed by atoms with Gasteiger partial charge < -0.3 is 5.32 Å². The van der Waals surface area contributed by atoms with E-state index in [1.54, 1.807) is 30.9 Å². The molecule has 2 rings (SSSR count). The molecule has 20 heavy (non-hydrogen) atoms. The number of nitrogens with one attached hydrogen (secondary N) is 1. The maximum atomic E-state index is 12.9. The largest absolute Gasteiger partial charge is 0.434 e. The van der Waals surface area contributed by atoms with Crippen molar-refractivity contribution in [3.05, 3.63) is 34.8 Å². The summed E-state index contributed by atoms with van der Waals surface area (Å²) in [5.41, 5.74) is -0.0820. The van der Waals surface area contributed by atoms with Gasteiger partial charge in [-0.25, -0.2) is 4.98 Å². The summed E-state index contributed by atoms with van der Waals surface area (Å²) in [6.45, 7) is 0.162. The van der Waals surface area contributed by atoms with E-state index in [2.05, 4.69) is 10.3 Å². The van der Waals surface area contributed by atoms with Gasteiger partial charge in [-0.2, -0.15) is 13.2 Å². The van der Waals surface area contributed by atoms with Crippen molar-refractivity contribution in [1.82, 2.24) is 10.3 Å². The van der Waals surface area contributed by atoms with Crippen molar-refractivity contribution in [2.24, 2.45) is 0 Å². The zero-order chi connectivity index (χ0) is 14.8. The van der Waals surface area contributed by atoms with Crippen LogP contribution in [0, 0.1) is 0 Å². The smallest absolute Gasteiger partial charge is 0.315 e. The lowest BCUT2D eigenvalue weighted by Crippen LogP contribution is -2.12. The van der Waals surface area contributed by atoms with Crippen LogP contribution in [0.1, 0.15) is 10.6 Å². The summed E-state index contributed by atoms with van der Waals surface area (Å²) in [6.07, 6.45) is -2.47. The minimum absolute atomic E-state index is 0.162. The zero-order valence-electron chi connectivity index (χ0n) is 10.9. The van der Waals surface area contributed by atoms with Gasteiger partial charge >= 0.3 is 6.18 Å². The van der Waals surface area contributed by atoms with E-state index in [1.807, 2.05) is 18.4 Å². The van der Waals surface area contributed by atoms with E-state index in [-0.39, 0.29) is 11.4 Å². The molecular formula is C13H13F3N2S2. The molecule has 0 aliphatic carbocycles. The lowest BCUT2D eigenvalue weighted by Gasteiger charge is -2.04. The average Bonchev–Trinajstić information content (AvgIpc) is 2.83. The van der Waals surface area contributed by atoms with Crippen LogP contribution in [-0.4, -0.2) is 18.3 Å². The quantitative estimate of drug-likeness (QED) is 0.852. The molecule has 0 spiro atoms. The summed E-state index contributed by atoms with van der Waals surface area (Å²) in [6, 6.07) is 7.36. The van der Waals surface area contributed by atoms with Crippen LogP contribution in [0.25, 0.3) is 10.6 Å². The zero-order valence-corrected chi connectivity index (χ0v) is 12.5. The third-order valence-electron chi connectivity index (χ3n) is 2.64. The van der Waals surface area contributed by atoms with Crippen LogP contribution in [-0.2, 0) is 12.7 Å². The fourth-order valence-electron chi connectivity index (χ4n) is 1.71. The normalized spacial score (nSPS) is 11.8. The molecule has 108 valence electrons. The van der Waals surface area contributed by atoms with Gasteiger partial charge in [0.15, 0.2) is 5.69 Å². The van der Waals surface area contributed by atoms with Crippen molar-refractivity contribution in [1.29, 1.82) is 0 Å². The lowest BCUT2D eigenvalue weighted by molar-refractivity contribution is -0.141. The third kappa shape index (κ3) is 3.34. The molecule has 2 aromatic rings. The Balaban J connectivity index is 2.41. The predicted octanol–water partition coefficient (Wildman–Crippen LogP) is 4.27. The Kier molecular flexibility index (Phi) is 4.72. The van der Waals surface area contributed by atoms with Crippen LogP contribution in [0.15, 0.2) is 29.2 Å². The van der Waals surface area contributed by atoms with Gasteiger partial charge in [-0.3, -0.25) is 0 Å². The SMILES string of the molecule is CNCc1sc(-c2ccc(SC)cc2)nc1C(F)(F)F. The second-order valence-electron chi connectivity index (χ2n) is 4.05. The van der Waals surface area contributed by atoms with Crippen molar-refractivity contribution in [3.63, 3.8) is 0 Å². The van der Waals surface area contributed by atoms with Gasteiger partial charge in [0.05, 0.1) is 4.88 Å². The second kappa shape index (κ2) is 6.15. The molecule has 0 saturated carbocycles. The van der Waals surface area contributed by atoms with Gasteiger partial charge in [0.1, 0.15) is 5.01 Å². The molecule has 0 saturated heterocycles. The Morgan fingerprint density at radius 3 is 2.40 bits per heavy atom. The molecule has 7 heteroatoms. The van der Waals surface area contributed by atoms with E-state index in [0.29, 0.717) is 10.6 Å². The van der Waals surface area contributed by atoms with Crippen LogP contribution >= 0.6 is 23.1 Å². The van der Waals surface area contributed by atoms with Crippen LogP contribution in [0.3, 0.4) is 0 Å². The Morgan fingerprint density at radius 2 is 1.90 bits per heavy atom. The summed E-state index contributed by atoms with van der Waals surface area (Å²) in [4.78, 5) is 5.05. The van der Waals surface area contributed by atoms with E-state index >= 15 is 0 Å². The molecular weight excluding hydrogens is 305 g/mol. The van der Waals surface area contributed by atoms with Gasteiger partial charge in [-0.1, -0.05) is 12.1 Å². The van der Waals surface area contributed by atoms with Crippen LogP contribution in [0.2, 0.25) is 0 Å². The number of alkyl halides is 3. The van der Waals surface area contributed by atoms with E-state index in [9.17, 15) is 13.2 Å². The van der Waals surface area contributed by atoms with Crippen LogP contribution in [0.4, 0.5) is 13.2 Å². The molecule has 0 atom stereocenters. The Bertz CT molecular complexity index is 576. The molecule has 1 N–H and O–H groups in total. The van der Waals surface area contributed by atoms with E-state index in [4.69, 9.17) is 0 Å². The molecule has 1 aromatic heterocycles. The van der Waals surface area contributed by atoms with Crippen molar-refractivity contribution >= 4 is 23.1 Å². The Morgan fingerprint density at radius 1 is 1.25 bits per heavy atom. The number of halogens is 3. The van der Waals surface area contributed by atoms with E-state index < -0.39 is 11.9 Å². The third-order valence-corrected chi connectivity index (χ3v) is 4.49. The molecule has 1 heterocycles. The molecule has 0 radical (unpaired) electrons. The summed E-state index contributed by atoms with van der Waals surface area (Å²) in [5.74, 6) is 0. The molecule has 0 amide bonds. The number of nitrogens with zero attached hydrogens (tertiary/aromatic N) is 1. The van der Waals surface area contributed by atoms with Gasteiger partial charge in [-0.15, -0.1) is 23.1 Å². The summed E-state index contributed by atoms with van der Waals surface area (Å²) in [7, 11) is 1.62. The summed E-state index contributed by atoms with van der Waals surface area (Å²) in [5, 5.41) is 3.14. The fraction of sp³-hybridized carbons (Fsp3) is 0.308.